The van der Waals surface area contributed by atoms with E-state index in [2.05, 4.69) is 24.8 Å². The molecule has 1 rings (SSSR count). The second-order valence-corrected chi connectivity index (χ2v) is 4.92. The molecule has 0 amide bonds. The van der Waals surface area contributed by atoms with Crippen molar-refractivity contribution in [3.63, 3.8) is 0 Å². The van der Waals surface area contributed by atoms with E-state index in [1.807, 2.05) is 0 Å². The van der Waals surface area contributed by atoms with Gasteiger partial charge in [0, 0.05) is 17.5 Å². The van der Waals surface area contributed by atoms with E-state index in [4.69, 9.17) is 5.73 Å². The summed E-state index contributed by atoms with van der Waals surface area (Å²) in [5.41, 5.74) is 7.21. The van der Waals surface area contributed by atoms with Gasteiger partial charge in [0.1, 0.15) is 0 Å². The van der Waals surface area contributed by atoms with Crippen molar-refractivity contribution in [2.45, 2.75) is 44.3 Å². The zero-order valence-corrected chi connectivity index (χ0v) is 9.41. The molecule has 1 atom stereocenters. The number of nitrogens with two attached hydrogens (primary N) is 1. The van der Waals surface area contributed by atoms with Gasteiger partial charge in [-0.2, -0.15) is 11.8 Å². The number of hydrogen-bond donors (Lipinski definition) is 1. The molecule has 2 heteroatoms. The highest BCUT2D eigenvalue weighted by Gasteiger charge is 2.17. The van der Waals surface area contributed by atoms with Crippen LogP contribution in [-0.4, -0.2) is 17.5 Å². The molecule has 1 nitrogen and oxygen atoms in total. The zero-order valence-electron chi connectivity index (χ0n) is 8.59. The number of allylic oxidation sites excluding steroid dienone is 1. The lowest BCUT2D eigenvalue weighted by Crippen LogP contribution is -2.14. The van der Waals surface area contributed by atoms with Crippen molar-refractivity contribution in [3.8, 4) is 0 Å². The Morgan fingerprint density at radius 1 is 1.62 bits per heavy atom. The molecular weight excluding hydrogens is 178 g/mol. The van der Waals surface area contributed by atoms with Crippen molar-refractivity contribution >= 4 is 11.8 Å². The lowest BCUT2D eigenvalue weighted by Gasteiger charge is -2.24. The molecule has 1 unspecified atom stereocenters. The number of hydrogen-bond acceptors (Lipinski definition) is 2. The van der Waals surface area contributed by atoms with E-state index in [1.54, 1.807) is 5.57 Å². The maximum atomic E-state index is 5.52. The van der Waals surface area contributed by atoms with Gasteiger partial charge in [0.25, 0.3) is 0 Å². The minimum Gasteiger partial charge on any atom is -0.330 e. The molecule has 0 radical (unpaired) electrons. The van der Waals surface area contributed by atoms with Gasteiger partial charge in [-0.15, -0.1) is 0 Å². The molecule has 0 saturated carbocycles. The maximum Gasteiger partial charge on any atom is 0.0257 e. The molecule has 0 aromatic heterocycles. The van der Waals surface area contributed by atoms with Crippen LogP contribution in [0.25, 0.3) is 0 Å². The number of rotatable bonds is 7. The van der Waals surface area contributed by atoms with Gasteiger partial charge in [-0.3, -0.25) is 0 Å². The van der Waals surface area contributed by atoms with Crippen molar-refractivity contribution in [1.82, 2.24) is 0 Å². The third kappa shape index (κ3) is 3.74. The topological polar surface area (TPSA) is 26.0 Å². The molecule has 76 valence electrons. The van der Waals surface area contributed by atoms with Gasteiger partial charge in [0.15, 0.2) is 0 Å². The van der Waals surface area contributed by atoms with Crippen LogP contribution in [0.2, 0.25) is 0 Å². The fourth-order valence-corrected chi connectivity index (χ4v) is 2.76. The summed E-state index contributed by atoms with van der Waals surface area (Å²) >= 11 is 2.05. The smallest absolute Gasteiger partial charge is 0.0257 e. The Hall–Kier alpha value is 0.0500. The molecule has 0 aromatic carbocycles. The van der Waals surface area contributed by atoms with Crippen LogP contribution in [0.3, 0.4) is 0 Å². The minimum absolute atomic E-state index is 0.789. The minimum atomic E-state index is 0.789. The lowest BCUT2D eigenvalue weighted by atomic mass is 9.93. The van der Waals surface area contributed by atoms with Crippen LogP contribution < -0.4 is 5.73 Å². The molecule has 0 bridgehead atoms. The summed E-state index contributed by atoms with van der Waals surface area (Å²) < 4.78 is 0. The van der Waals surface area contributed by atoms with Crippen LogP contribution in [0.1, 0.15) is 39.0 Å². The fourth-order valence-electron chi connectivity index (χ4n) is 1.58. The normalized spacial score (nSPS) is 17.8. The average Bonchev–Trinajstić information content (AvgIpc) is 2.06. The summed E-state index contributed by atoms with van der Waals surface area (Å²) in [6, 6.07) is 0. The highest BCUT2D eigenvalue weighted by Crippen LogP contribution is 2.32. The standard InChI is InChI=1S/C11H21NS/c1-2-3-7-11(13-9-8-12)10-5-4-6-10/h5,11H,2-4,6-9,12H2,1H3. The molecule has 0 aromatic rings. The first-order valence-corrected chi connectivity index (χ1v) is 6.44. The van der Waals surface area contributed by atoms with Gasteiger partial charge in [0.05, 0.1) is 0 Å². The van der Waals surface area contributed by atoms with Crippen molar-refractivity contribution in [2.75, 3.05) is 12.3 Å². The summed E-state index contributed by atoms with van der Waals surface area (Å²) in [5.74, 6) is 1.12. The first-order valence-electron chi connectivity index (χ1n) is 5.39. The van der Waals surface area contributed by atoms with Gasteiger partial charge >= 0.3 is 0 Å². The molecule has 13 heavy (non-hydrogen) atoms. The highest BCUT2D eigenvalue weighted by atomic mass is 32.2. The Labute approximate surface area is 86.2 Å². The number of unbranched alkanes of at least 4 members (excludes halogenated alkanes) is 1. The summed E-state index contributed by atoms with van der Waals surface area (Å²) in [4.78, 5) is 0. The van der Waals surface area contributed by atoms with Crippen LogP contribution in [0.4, 0.5) is 0 Å². The monoisotopic (exact) mass is 199 g/mol. The summed E-state index contributed by atoms with van der Waals surface area (Å²) in [5, 5.41) is 0.789. The van der Waals surface area contributed by atoms with Crippen LogP contribution in [0, 0.1) is 0 Å². The third-order valence-electron chi connectivity index (χ3n) is 2.51. The first-order chi connectivity index (χ1) is 6.38. The van der Waals surface area contributed by atoms with Gasteiger partial charge < -0.3 is 5.73 Å². The van der Waals surface area contributed by atoms with Crippen molar-refractivity contribution in [3.05, 3.63) is 11.6 Å². The zero-order chi connectivity index (χ0) is 9.52. The Balaban J connectivity index is 2.25. The second kappa shape index (κ2) is 6.50. The fraction of sp³-hybridized carbons (Fsp3) is 0.818. The Bertz CT molecular complexity index is 157. The molecule has 1 aliphatic rings. The van der Waals surface area contributed by atoms with Gasteiger partial charge in [-0.1, -0.05) is 31.4 Å². The highest BCUT2D eigenvalue weighted by molar-refractivity contribution is 8.00. The van der Waals surface area contributed by atoms with Crippen LogP contribution >= 0.6 is 11.8 Å². The molecule has 0 saturated heterocycles. The van der Waals surface area contributed by atoms with E-state index in [0.29, 0.717) is 0 Å². The summed E-state index contributed by atoms with van der Waals surface area (Å²) in [6.45, 7) is 3.08. The van der Waals surface area contributed by atoms with E-state index in [-0.39, 0.29) is 0 Å². The SMILES string of the molecule is CCCCC(SCCN)C1=CCC1. The van der Waals surface area contributed by atoms with Gasteiger partial charge in [-0.25, -0.2) is 0 Å². The van der Waals surface area contributed by atoms with E-state index >= 15 is 0 Å². The van der Waals surface area contributed by atoms with E-state index in [1.165, 1.54) is 32.1 Å². The van der Waals surface area contributed by atoms with Crippen LogP contribution in [0.15, 0.2) is 11.6 Å². The molecule has 2 N–H and O–H groups in total. The Morgan fingerprint density at radius 2 is 2.38 bits per heavy atom. The van der Waals surface area contributed by atoms with Gasteiger partial charge in [0.2, 0.25) is 0 Å². The van der Waals surface area contributed by atoms with Crippen molar-refractivity contribution in [1.29, 1.82) is 0 Å². The molecule has 0 heterocycles. The van der Waals surface area contributed by atoms with E-state index < -0.39 is 0 Å². The quantitative estimate of drug-likeness (QED) is 0.638. The average molecular weight is 199 g/mol. The van der Waals surface area contributed by atoms with Crippen molar-refractivity contribution < 1.29 is 0 Å². The molecule has 0 fully saturated rings. The predicted molar refractivity (Wildman–Crippen MR) is 62.1 cm³/mol. The van der Waals surface area contributed by atoms with Gasteiger partial charge in [-0.05, 0) is 19.3 Å². The molecule has 0 spiro atoms. The lowest BCUT2D eigenvalue weighted by molar-refractivity contribution is 0.684. The Kier molecular flexibility index (Phi) is 5.56. The largest absolute Gasteiger partial charge is 0.330 e. The number of thioether (sulfide) groups is 1. The van der Waals surface area contributed by atoms with E-state index in [9.17, 15) is 0 Å². The summed E-state index contributed by atoms with van der Waals surface area (Å²) in [7, 11) is 0. The Morgan fingerprint density at radius 3 is 2.85 bits per heavy atom. The molecule has 0 aliphatic heterocycles. The second-order valence-electron chi connectivity index (χ2n) is 3.61. The van der Waals surface area contributed by atoms with Crippen molar-refractivity contribution in [2.24, 2.45) is 5.73 Å². The van der Waals surface area contributed by atoms with Crippen LogP contribution in [-0.2, 0) is 0 Å². The van der Waals surface area contributed by atoms with E-state index in [0.717, 1.165) is 17.5 Å². The maximum absolute atomic E-state index is 5.52. The molecule has 1 aliphatic carbocycles. The summed E-state index contributed by atoms with van der Waals surface area (Å²) in [6.07, 6.45) is 9.08. The molecular formula is C11H21NS. The first kappa shape index (κ1) is 11.1. The predicted octanol–water partition coefficient (Wildman–Crippen LogP) is 2.96. The van der Waals surface area contributed by atoms with Crippen LogP contribution in [0.5, 0.6) is 0 Å². The third-order valence-corrected chi connectivity index (χ3v) is 3.92.